The second-order valence-corrected chi connectivity index (χ2v) is 9.63. The first-order valence-corrected chi connectivity index (χ1v) is 11.8. The lowest BCUT2D eigenvalue weighted by Gasteiger charge is -2.17. The summed E-state index contributed by atoms with van der Waals surface area (Å²) in [6, 6.07) is 9.93. The van der Waals surface area contributed by atoms with E-state index in [1.54, 1.807) is 6.33 Å². The third-order valence-corrected chi connectivity index (χ3v) is 7.40. The summed E-state index contributed by atoms with van der Waals surface area (Å²) in [5.74, 6) is 0.778. The van der Waals surface area contributed by atoms with E-state index >= 15 is 0 Å². The predicted molar refractivity (Wildman–Crippen MR) is 116 cm³/mol. The quantitative estimate of drug-likeness (QED) is 0.534. The van der Waals surface area contributed by atoms with Gasteiger partial charge in [-0.05, 0) is 42.9 Å². The van der Waals surface area contributed by atoms with E-state index in [-0.39, 0.29) is 12.1 Å². The molecule has 10 heteroatoms. The second kappa shape index (κ2) is 7.86. The molecule has 0 aliphatic heterocycles. The Labute approximate surface area is 180 Å². The monoisotopic (exact) mass is 443 g/mol. The van der Waals surface area contributed by atoms with Crippen LogP contribution in [0.1, 0.15) is 42.5 Å². The van der Waals surface area contributed by atoms with Gasteiger partial charge in [0.15, 0.2) is 0 Å². The van der Waals surface area contributed by atoms with Crippen molar-refractivity contribution < 1.29 is 17.7 Å². The van der Waals surface area contributed by atoms with E-state index in [1.807, 2.05) is 16.8 Å². The van der Waals surface area contributed by atoms with Crippen molar-refractivity contribution in [2.75, 3.05) is 12.4 Å². The van der Waals surface area contributed by atoms with Crippen LogP contribution in [0.15, 0.2) is 42.9 Å². The van der Waals surface area contributed by atoms with E-state index in [2.05, 4.69) is 48.5 Å². The zero-order valence-corrected chi connectivity index (χ0v) is 17.9. The van der Waals surface area contributed by atoms with Crippen LogP contribution in [0.4, 0.5) is 5.82 Å². The lowest BCUT2D eigenvalue weighted by atomic mass is 10.1. The Kier molecular flexibility index (Phi) is 5.17. The molecular weight excluding hydrogens is 418 g/mol. The average Bonchev–Trinajstić information content (AvgIpc) is 3.46. The molecular formula is C21H25N5O4S. The third kappa shape index (κ3) is 3.80. The number of benzene rings is 1. The number of aromatic nitrogens is 3. The lowest BCUT2D eigenvalue weighted by Crippen LogP contribution is -2.40. The number of aliphatic hydroxyl groups excluding tert-OH is 1. The van der Waals surface area contributed by atoms with Gasteiger partial charge < -0.3 is 15.0 Å². The second-order valence-electron chi connectivity index (χ2n) is 8.15. The summed E-state index contributed by atoms with van der Waals surface area (Å²) < 4.78 is 32.3. The maximum absolute atomic E-state index is 11.7. The van der Waals surface area contributed by atoms with Gasteiger partial charge in [0.2, 0.25) is 0 Å². The lowest BCUT2D eigenvalue weighted by molar-refractivity contribution is 0.154. The number of hydrogen-bond donors (Lipinski definition) is 3. The van der Waals surface area contributed by atoms with Gasteiger partial charge in [-0.1, -0.05) is 24.3 Å². The van der Waals surface area contributed by atoms with Gasteiger partial charge in [0.1, 0.15) is 17.8 Å². The first-order valence-electron chi connectivity index (χ1n) is 10.4. The van der Waals surface area contributed by atoms with Gasteiger partial charge >= 0.3 is 10.3 Å². The van der Waals surface area contributed by atoms with Crippen LogP contribution in [-0.2, 0) is 20.9 Å². The molecule has 2 aromatic heterocycles. The summed E-state index contributed by atoms with van der Waals surface area (Å²) in [6.45, 7) is 0. The molecule has 0 unspecified atom stereocenters. The number of aliphatic hydroxyl groups is 1. The minimum Gasteiger partial charge on any atom is -0.391 e. The average molecular weight is 444 g/mol. The first kappa shape index (κ1) is 20.4. The van der Waals surface area contributed by atoms with Crippen LogP contribution in [0, 0.1) is 0 Å². The van der Waals surface area contributed by atoms with E-state index in [0.29, 0.717) is 12.8 Å². The third-order valence-electron chi connectivity index (χ3n) is 6.37. The SMILES string of the molecule is COS(=O)(=O)N[C@H]1C[C@@H](n2ccc3c(N[C@@H]4CCc5ccccc54)ncnc32)C[C@@H]1O. The van der Waals surface area contributed by atoms with Crippen LogP contribution >= 0.6 is 0 Å². The molecule has 3 N–H and O–H groups in total. The number of nitrogens with zero attached hydrogens (tertiary/aromatic N) is 3. The molecule has 0 bridgehead atoms. The topological polar surface area (TPSA) is 118 Å². The fourth-order valence-corrected chi connectivity index (χ4v) is 5.55. The van der Waals surface area contributed by atoms with Crippen LogP contribution in [0.2, 0.25) is 0 Å². The summed E-state index contributed by atoms with van der Waals surface area (Å²) in [5.41, 5.74) is 3.43. The number of hydrogen-bond acceptors (Lipinski definition) is 7. The summed E-state index contributed by atoms with van der Waals surface area (Å²) in [7, 11) is -2.78. The summed E-state index contributed by atoms with van der Waals surface area (Å²) in [6.07, 6.45) is 5.58. The standard InChI is InChI=1S/C21H25N5O4S/c1-30-31(28,29)25-18-10-14(11-19(18)27)26-9-8-16-20(22-12-23-21(16)26)24-17-7-6-13-4-2-3-5-15(13)17/h2-5,8-9,12,14,17-19,25,27H,6-7,10-11H2,1H3,(H,22,23,24)/t14-,17-,18+,19+/m1/s1. The Bertz CT molecular complexity index is 1210. The molecule has 164 valence electrons. The highest BCUT2D eigenvalue weighted by atomic mass is 32.2. The maximum Gasteiger partial charge on any atom is 0.335 e. The van der Waals surface area contributed by atoms with Crippen LogP contribution in [0.3, 0.4) is 0 Å². The molecule has 5 rings (SSSR count). The number of fused-ring (bicyclic) bond motifs is 2. The Morgan fingerprint density at radius 1 is 1.19 bits per heavy atom. The number of anilines is 1. The van der Waals surface area contributed by atoms with Crippen molar-refractivity contribution >= 4 is 27.2 Å². The Morgan fingerprint density at radius 2 is 2.03 bits per heavy atom. The molecule has 1 aromatic carbocycles. The van der Waals surface area contributed by atoms with Crippen molar-refractivity contribution in [3.63, 3.8) is 0 Å². The highest BCUT2D eigenvalue weighted by Crippen LogP contribution is 2.37. The molecule has 3 aromatic rings. The molecule has 2 aliphatic carbocycles. The Balaban J connectivity index is 1.39. The molecule has 0 saturated heterocycles. The van der Waals surface area contributed by atoms with Crippen LogP contribution in [0.25, 0.3) is 11.0 Å². The van der Waals surface area contributed by atoms with Gasteiger partial charge in [0.05, 0.1) is 30.7 Å². The van der Waals surface area contributed by atoms with Crippen LogP contribution < -0.4 is 10.0 Å². The molecule has 2 heterocycles. The predicted octanol–water partition coefficient (Wildman–Crippen LogP) is 2.08. The zero-order valence-electron chi connectivity index (χ0n) is 17.1. The van der Waals surface area contributed by atoms with E-state index in [0.717, 1.165) is 36.8 Å². The van der Waals surface area contributed by atoms with Crippen LogP contribution in [0.5, 0.6) is 0 Å². The zero-order chi connectivity index (χ0) is 21.6. The molecule has 4 atom stereocenters. The highest BCUT2D eigenvalue weighted by molar-refractivity contribution is 7.84. The van der Waals surface area contributed by atoms with Crippen molar-refractivity contribution in [3.05, 3.63) is 54.0 Å². The largest absolute Gasteiger partial charge is 0.391 e. The van der Waals surface area contributed by atoms with Gasteiger partial charge in [-0.25, -0.2) is 9.97 Å². The fourth-order valence-electron chi connectivity index (χ4n) is 4.83. The van der Waals surface area contributed by atoms with E-state index in [1.165, 1.54) is 11.1 Å². The van der Waals surface area contributed by atoms with Crippen molar-refractivity contribution in [2.45, 2.75) is 49.9 Å². The fraction of sp³-hybridized carbons (Fsp3) is 0.429. The molecule has 0 amide bonds. The number of aryl methyl sites for hydroxylation is 1. The Hall–Kier alpha value is -2.53. The Morgan fingerprint density at radius 3 is 2.87 bits per heavy atom. The number of rotatable bonds is 6. The van der Waals surface area contributed by atoms with Gasteiger partial charge in [-0.2, -0.15) is 13.1 Å². The van der Waals surface area contributed by atoms with Crippen molar-refractivity contribution in [1.82, 2.24) is 19.3 Å². The van der Waals surface area contributed by atoms with Crippen molar-refractivity contribution in [3.8, 4) is 0 Å². The van der Waals surface area contributed by atoms with Crippen molar-refractivity contribution in [1.29, 1.82) is 0 Å². The van der Waals surface area contributed by atoms with Gasteiger partial charge in [0.25, 0.3) is 0 Å². The minimum atomic E-state index is -3.87. The molecule has 9 nitrogen and oxygen atoms in total. The maximum atomic E-state index is 11.7. The molecule has 31 heavy (non-hydrogen) atoms. The van der Waals surface area contributed by atoms with E-state index in [4.69, 9.17) is 0 Å². The summed E-state index contributed by atoms with van der Waals surface area (Å²) >= 11 is 0. The van der Waals surface area contributed by atoms with E-state index < -0.39 is 22.4 Å². The van der Waals surface area contributed by atoms with Crippen molar-refractivity contribution in [2.24, 2.45) is 0 Å². The molecule has 1 fully saturated rings. The van der Waals surface area contributed by atoms with Gasteiger partial charge in [0, 0.05) is 12.2 Å². The molecule has 1 saturated carbocycles. The number of nitrogens with one attached hydrogen (secondary N) is 2. The minimum absolute atomic E-state index is 0.0907. The van der Waals surface area contributed by atoms with Crippen LogP contribution in [-0.4, -0.2) is 47.3 Å². The summed E-state index contributed by atoms with van der Waals surface area (Å²) in [4.78, 5) is 8.95. The van der Waals surface area contributed by atoms with Gasteiger partial charge in [-0.3, -0.25) is 4.18 Å². The molecule has 0 radical (unpaired) electrons. The normalized spacial score (nSPS) is 25.7. The van der Waals surface area contributed by atoms with Gasteiger partial charge in [-0.15, -0.1) is 0 Å². The first-order chi connectivity index (χ1) is 14.9. The summed E-state index contributed by atoms with van der Waals surface area (Å²) in [5, 5.41) is 14.9. The van der Waals surface area contributed by atoms with E-state index in [9.17, 15) is 13.5 Å². The highest BCUT2D eigenvalue weighted by Gasteiger charge is 2.37. The molecule has 2 aliphatic rings. The smallest absolute Gasteiger partial charge is 0.335 e. The molecule has 0 spiro atoms.